The van der Waals surface area contributed by atoms with Crippen molar-refractivity contribution in [3.63, 3.8) is 0 Å². The Labute approximate surface area is 149 Å². The molecule has 0 aromatic heterocycles. The average molecular weight is 325 g/mol. The van der Waals surface area contributed by atoms with Crippen LogP contribution in [0.15, 0.2) is 29.4 Å². The van der Waals surface area contributed by atoms with Gasteiger partial charge >= 0.3 is 0 Å². The van der Waals surface area contributed by atoms with Crippen LogP contribution in [0.1, 0.15) is 76.5 Å². The molecule has 0 aliphatic heterocycles. The van der Waals surface area contributed by atoms with Gasteiger partial charge in [-0.05, 0) is 86.9 Å². The third-order valence-electron chi connectivity index (χ3n) is 4.82. The van der Waals surface area contributed by atoms with Gasteiger partial charge in [-0.1, -0.05) is 62.3 Å². The molecule has 1 rings (SSSR count). The zero-order valence-electron chi connectivity index (χ0n) is 16.6. The van der Waals surface area contributed by atoms with Crippen LogP contribution in [0.25, 0.3) is 13.2 Å². The molecular weight excluding hydrogens is 288 g/mol. The monoisotopic (exact) mass is 324 g/mol. The van der Waals surface area contributed by atoms with Crippen LogP contribution in [0, 0.1) is 6.92 Å². The summed E-state index contributed by atoms with van der Waals surface area (Å²) in [6.45, 7) is 19.7. The summed E-state index contributed by atoms with van der Waals surface area (Å²) in [6, 6.07) is 2.27. The predicted octanol–water partition coefficient (Wildman–Crippen LogP) is 5.78. The van der Waals surface area contributed by atoms with Crippen molar-refractivity contribution >= 4 is 13.2 Å². The predicted molar refractivity (Wildman–Crippen MR) is 111 cm³/mol. The first kappa shape index (κ1) is 20.5. The lowest BCUT2D eigenvalue weighted by Crippen LogP contribution is -2.22. The Balaban J connectivity index is 2.86. The molecule has 0 radical (unpaired) electrons. The Morgan fingerprint density at radius 2 is 1.79 bits per heavy atom. The number of hydrogen-bond donors (Lipinski definition) is 0. The van der Waals surface area contributed by atoms with Crippen LogP contribution in [0.5, 0.6) is 0 Å². The topological polar surface area (TPSA) is 0 Å². The molecule has 0 atom stereocenters. The minimum atomic E-state index is 0.975. The molecule has 0 amide bonds. The fourth-order valence-electron chi connectivity index (χ4n) is 3.09. The molecule has 0 aliphatic rings. The molecule has 0 heteroatoms. The van der Waals surface area contributed by atoms with Gasteiger partial charge in [0.15, 0.2) is 0 Å². The smallest absolute Gasteiger partial charge is 0.00863 e. The van der Waals surface area contributed by atoms with E-state index in [1.165, 1.54) is 57.5 Å². The van der Waals surface area contributed by atoms with Crippen molar-refractivity contribution in [2.24, 2.45) is 0 Å². The summed E-state index contributed by atoms with van der Waals surface area (Å²) in [7, 11) is 0. The summed E-state index contributed by atoms with van der Waals surface area (Å²) in [4.78, 5) is 0. The summed E-state index contributed by atoms with van der Waals surface area (Å²) in [6.07, 6.45) is 12.9. The van der Waals surface area contributed by atoms with Crippen LogP contribution in [-0.2, 0) is 12.8 Å². The van der Waals surface area contributed by atoms with Gasteiger partial charge in [-0.15, -0.1) is 0 Å². The number of aryl methyl sites for hydroxylation is 1. The molecule has 0 bridgehead atoms. The Hall–Kier alpha value is -1.56. The molecule has 0 N–H and O–H groups in total. The average Bonchev–Trinajstić information content (AvgIpc) is 2.51. The summed E-state index contributed by atoms with van der Waals surface area (Å²) in [5.41, 5.74) is 6.95. The molecule has 0 fully saturated rings. The van der Waals surface area contributed by atoms with Crippen molar-refractivity contribution < 1.29 is 0 Å². The van der Waals surface area contributed by atoms with Gasteiger partial charge in [0, 0.05) is 0 Å². The minimum absolute atomic E-state index is 0.975. The van der Waals surface area contributed by atoms with Crippen LogP contribution in [0.2, 0.25) is 0 Å². The summed E-state index contributed by atoms with van der Waals surface area (Å²) in [5, 5.41) is 2.41. The Morgan fingerprint density at radius 3 is 2.42 bits per heavy atom. The van der Waals surface area contributed by atoms with E-state index >= 15 is 0 Å². The van der Waals surface area contributed by atoms with Crippen LogP contribution in [0.3, 0.4) is 0 Å². The first-order valence-electron chi connectivity index (χ1n) is 9.45. The number of allylic oxidation sites excluding steroid dienone is 4. The molecule has 0 nitrogen and oxygen atoms in total. The number of unbranched alkanes of at least 4 members (excludes halogenated alkanes) is 2. The van der Waals surface area contributed by atoms with E-state index in [0.717, 1.165) is 25.7 Å². The molecule has 24 heavy (non-hydrogen) atoms. The third kappa shape index (κ3) is 6.51. The molecule has 0 unspecified atom stereocenters. The van der Waals surface area contributed by atoms with Gasteiger partial charge < -0.3 is 0 Å². The maximum Gasteiger partial charge on any atom is -0.00863 e. The Bertz CT molecular complexity index is 682. The Kier molecular flexibility index (Phi) is 8.82. The normalized spacial score (nSPS) is 11.6. The lowest BCUT2D eigenvalue weighted by molar-refractivity contribution is 0.715. The van der Waals surface area contributed by atoms with E-state index in [2.05, 4.69) is 66.0 Å². The second-order valence-electron chi connectivity index (χ2n) is 7.31. The van der Waals surface area contributed by atoms with Gasteiger partial charge in [-0.3, -0.25) is 0 Å². The summed E-state index contributed by atoms with van der Waals surface area (Å²) in [5.74, 6) is 0. The van der Waals surface area contributed by atoms with Crippen molar-refractivity contribution in [1.29, 1.82) is 0 Å². The van der Waals surface area contributed by atoms with Gasteiger partial charge in [0.1, 0.15) is 0 Å². The van der Waals surface area contributed by atoms with E-state index in [9.17, 15) is 0 Å². The fourth-order valence-corrected chi connectivity index (χ4v) is 3.09. The maximum atomic E-state index is 4.34. The van der Waals surface area contributed by atoms with Crippen molar-refractivity contribution in [2.45, 2.75) is 79.6 Å². The molecule has 0 saturated carbocycles. The van der Waals surface area contributed by atoms with Crippen molar-refractivity contribution in [2.75, 3.05) is 0 Å². The quantitative estimate of drug-likeness (QED) is 0.399. The fraction of sp³-hybridized carbons (Fsp3) is 0.500. The van der Waals surface area contributed by atoms with Crippen LogP contribution in [0.4, 0.5) is 0 Å². The lowest BCUT2D eigenvalue weighted by atomic mass is 9.94. The number of rotatable bonds is 9. The van der Waals surface area contributed by atoms with Crippen LogP contribution >= 0.6 is 0 Å². The molecule has 132 valence electrons. The van der Waals surface area contributed by atoms with Gasteiger partial charge in [0.05, 0.1) is 0 Å². The number of benzene rings is 1. The highest BCUT2D eigenvalue weighted by Gasteiger charge is 2.05. The lowest BCUT2D eigenvalue weighted by Gasteiger charge is -2.11. The van der Waals surface area contributed by atoms with Crippen LogP contribution < -0.4 is 10.4 Å². The molecule has 0 aliphatic carbocycles. The maximum absolute atomic E-state index is 4.34. The van der Waals surface area contributed by atoms with E-state index in [-0.39, 0.29) is 0 Å². The molecule has 0 spiro atoms. The molecule has 0 heterocycles. The van der Waals surface area contributed by atoms with E-state index < -0.39 is 0 Å². The highest BCUT2D eigenvalue weighted by Crippen LogP contribution is 2.10. The van der Waals surface area contributed by atoms with Crippen molar-refractivity contribution in [1.82, 2.24) is 0 Å². The van der Waals surface area contributed by atoms with Gasteiger partial charge in [0.2, 0.25) is 0 Å². The molecule has 0 saturated heterocycles. The first-order chi connectivity index (χ1) is 11.4. The summed E-state index contributed by atoms with van der Waals surface area (Å²) >= 11 is 0. The van der Waals surface area contributed by atoms with Crippen molar-refractivity contribution in [3.05, 3.63) is 56.5 Å². The third-order valence-corrected chi connectivity index (χ3v) is 4.82. The zero-order valence-corrected chi connectivity index (χ0v) is 16.6. The van der Waals surface area contributed by atoms with E-state index in [1.807, 2.05) is 0 Å². The van der Waals surface area contributed by atoms with Crippen molar-refractivity contribution in [3.8, 4) is 0 Å². The summed E-state index contributed by atoms with van der Waals surface area (Å²) < 4.78 is 0. The number of hydrogen-bond acceptors (Lipinski definition) is 0. The largest absolute Gasteiger partial charge is 0.0915 e. The van der Waals surface area contributed by atoms with E-state index in [4.69, 9.17) is 0 Å². The van der Waals surface area contributed by atoms with Gasteiger partial charge in [0.25, 0.3) is 0 Å². The molecular formula is C24H36. The standard InChI is InChI=1S/C24H36/c1-8-9-10-14-23-17-20(5)24(22(7)21(23)6)16-15-19(4)13-11-12-18(2)3/h12,15,17H,5-6,8-11,13-14,16H2,1-4,7H3/b19-15+. The zero-order chi connectivity index (χ0) is 18.1. The second-order valence-corrected chi connectivity index (χ2v) is 7.31. The molecule has 1 aromatic carbocycles. The SMILES string of the molecule is C=c1cc(CCCCC)c(=C)c(C)c1C/C=C(\C)CCC=C(C)C. The first-order valence-corrected chi connectivity index (χ1v) is 9.45. The van der Waals surface area contributed by atoms with Crippen LogP contribution in [-0.4, -0.2) is 0 Å². The van der Waals surface area contributed by atoms with E-state index in [0.29, 0.717) is 0 Å². The Morgan fingerprint density at radius 1 is 1.08 bits per heavy atom. The highest BCUT2D eigenvalue weighted by atomic mass is 14.1. The van der Waals surface area contributed by atoms with E-state index in [1.54, 1.807) is 0 Å². The molecule has 1 aromatic rings. The van der Waals surface area contributed by atoms with Gasteiger partial charge in [-0.2, -0.15) is 0 Å². The highest BCUT2D eigenvalue weighted by molar-refractivity contribution is 5.39. The van der Waals surface area contributed by atoms with Gasteiger partial charge in [-0.25, -0.2) is 0 Å². The minimum Gasteiger partial charge on any atom is -0.0915 e. The second kappa shape index (κ2) is 10.3.